The number of amides is 1. The number of nitrogen functional groups attached to an aromatic ring is 1. The van der Waals surface area contributed by atoms with Crippen molar-refractivity contribution in [3.63, 3.8) is 0 Å². The van der Waals surface area contributed by atoms with E-state index in [4.69, 9.17) is 5.73 Å². The van der Waals surface area contributed by atoms with Gasteiger partial charge in [0, 0.05) is 12.2 Å². The third-order valence-corrected chi connectivity index (χ3v) is 3.20. The molecule has 0 saturated carbocycles. The molecule has 0 aromatic heterocycles. The van der Waals surface area contributed by atoms with E-state index in [1.165, 1.54) is 12.1 Å². The standard InChI is InChI=1S/C12H17FN2OS/c1-2-17-7-3-6-15-12(16)10-5-4-9(13)8-11(10)14/h4-5,8H,2-3,6-7,14H2,1H3,(H,15,16). The average molecular weight is 256 g/mol. The first-order chi connectivity index (χ1) is 8.15. The molecule has 0 saturated heterocycles. The number of benzene rings is 1. The Bertz CT molecular complexity index is 385. The van der Waals surface area contributed by atoms with Crippen LogP contribution in [0.1, 0.15) is 23.7 Å². The van der Waals surface area contributed by atoms with Crippen LogP contribution in [0.15, 0.2) is 18.2 Å². The van der Waals surface area contributed by atoms with E-state index >= 15 is 0 Å². The lowest BCUT2D eigenvalue weighted by molar-refractivity contribution is 0.0954. The van der Waals surface area contributed by atoms with E-state index in [9.17, 15) is 9.18 Å². The lowest BCUT2D eigenvalue weighted by atomic mass is 10.1. The zero-order valence-electron chi connectivity index (χ0n) is 9.83. The molecule has 3 nitrogen and oxygen atoms in total. The first-order valence-corrected chi connectivity index (χ1v) is 6.71. The number of anilines is 1. The van der Waals surface area contributed by atoms with Gasteiger partial charge in [0.1, 0.15) is 5.82 Å². The van der Waals surface area contributed by atoms with Crippen LogP contribution in [0, 0.1) is 5.82 Å². The molecule has 94 valence electrons. The molecule has 1 rings (SSSR count). The van der Waals surface area contributed by atoms with Crippen molar-refractivity contribution < 1.29 is 9.18 Å². The van der Waals surface area contributed by atoms with Crippen molar-refractivity contribution in [2.24, 2.45) is 0 Å². The fraction of sp³-hybridized carbons (Fsp3) is 0.417. The number of rotatable bonds is 6. The molecule has 0 bridgehead atoms. The quantitative estimate of drug-likeness (QED) is 0.606. The summed E-state index contributed by atoms with van der Waals surface area (Å²) >= 11 is 1.84. The van der Waals surface area contributed by atoms with E-state index in [0.29, 0.717) is 12.1 Å². The first-order valence-electron chi connectivity index (χ1n) is 5.56. The summed E-state index contributed by atoms with van der Waals surface area (Å²) < 4.78 is 12.8. The SMILES string of the molecule is CCSCCCNC(=O)c1ccc(F)cc1N. The molecule has 0 radical (unpaired) electrons. The molecule has 3 N–H and O–H groups in total. The largest absolute Gasteiger partial charge is 0.398 e. The van der Waals surface area contributed by atoms with Gasteiger partial charge in [-0.2, -0.15) is 11.8 Å². The Labute approximate surface area is 105 Å². The molecule has 0 unspecified atom stereocenters. The maximum Gasteiger partial charge on any atom is 0.253 e. The topological polar surface area (TPSA) is 55.1 Å². The van der Waals surface area contributed by atoms with Crippen molar-refractivity contribution in [3.8, 4) is 0 Å². The number of hydrogen-bond donors (Lipinski definition) is 2. The van der Waals surface area contributed by atoms with Crippen LogP contribution in [-0.4, -0.2) is 24.0 Å². The molecule has 0 atom stereocenters. The third kappa shape index (κ3) is 4.65. The van der Waals surface area contributed by atoms with Gasteiger partial charge in [-0.25, -0.2) is 4.39 Å². The van der Waals surface area contributed by atoms with Crippen LogP contribution in [0.3, 0.4) is 0 Å². The summed E-state index contributed by atoms with van der Waals surface area (Å²) in [5, 5.41) is 2.76. The molecule has 5 heteroatoms. The van der Waals surface area contributed by atoms with Gasteiger partial charge >= 0.3 is 0 Å². The highest BCUT2D eigenvalue weighted by Crippen LogP contribution is 2.13. The summed E-state index contributed by atoms with van der Waals surface area (Å²) in [6.45, 7) is 2.71. The number of nitrogens with two attached hydrogens (primary N) is 1. The predicted molar refractivity (Wildman–Crippen MR) is 70.8 cm³/mol. The van der Waals surface area contributed by atoms with E-state index in [2.05, 4.69) is 12.2 Å². The molecule has 1 amide bonds. The van der Waals surface area contributed by atoms with Crippen molar-refractivity contribution in [2.45, 2.75) is 13.3 Å². The van der Waals surface area contributed by atoms with Crippen LogP contribution >= 0.6 is 11.8 Å². The van der Waals surface area contributed by atoms with Crippen molar-refractivity contribution in [1.82, 2.24) is 5.32 Å². The Kier molecular flexibility index (Phi) is 5.83. The lowest BCUT2D eigenvalue weighted by Crippen LogP contribution is -2.25. The van der Waals surface area contributed by atoms with E-state index in [-0.39, 0.29) is 11.6 Å². The smallest absolute Gasteiger partial charge is 0.253 e. The third-order valence-electron chi connectivity index (χ3n) is 2.21. The number of thioether (sulfide) groups is 1. The van der Waals surface area contributed by atoms with Gasteiger partial charge in [0.2, 0.25) is 0 Å². The van der Waals surface area contributed by atoms with E-state index in [1.807, 2.05) is 11.8 Å². The van der Waals surface area contributed by atoms with Gasteiger partial charge < -0.3 is 11.1 Å². The van der Waals surface area contributed by atoms with Gasteiger partial charge in [0.05, 0.1) is 5.56 Å². The summed E-state index contributed by atoms with van der Waals surface area (Å²) in [4.78, 5) is 11.7. The molecule has 0 spiro atoms. The Balaban J connectivity index is 2.42. The van der Waals surface area contributed by atoms with Crippen LogP contribution in [-0.2, 0) is 0 Å². The minimum atomic E-state index is -0.432. The Morgan fingerprint density at radius 3 is 2.94 bits per heavy atom. The molecule has 0 aliphatic rings. The molecular formula is C12H17FN2OS. The minimum absolute atomic E-state index is 0.172. The molecular weight excluding hydrogens is 239 g/mol. The second-order valence-electron chi connectivity index (χ2n) is 3.54. The van der Waals surface area contributed by atoms with Crippen molar-refractivity contribution in [2.75, 3.05) is 23.8 Å². The highest BCUT2D eigenvalue weighted by Gasteiger charge is 2.09. The van der Waals surface area contributed by atoms with E-state index in [0.717, 1.165) is 24.0 Å². The Morgan fingerprint density at radius 1 is 1.53 bits per heavy atom. The highest BCUT2D eigenvalue weighted by molar-refractivity contribution is 7.99. The van der Waals surface area contributed by atoms with E-state index < -0.39 is 5.82 Å². The van der Waals surface area contributed by atoms with Crippen LogP contribution in [0.25, 0.3) is 0 Å². The molecule has 1 aromatic carbocycles. The van der Waals surface area contributed by atoms with Crippen molar-refractivity contribution in [1.29, 1.82) is 0 Å². The van der Waals surface area contributed by atoms with E-state index in [1.54, 1.807) is 0 Å². The fourth-order valence-corrected chi connectivity index (χ4v) is 1.99. The fourth-order valence-electron chi connectivity index (χ4n) is 1.36. The normalized spacial score (nSPS) is 10.2. The Morgan fingerprint density at radius 2 is 2.29 bits per heavy atom. The number of carbonyl (C=O) groups excluding carboxylic acids is 1. The number of nitrogens with one attached hydrogen (secondary N) is 1. The molecule has 0 aliphatic carbocycles. The van der Waals surface area contributed by atoms with Gasteiger partial charge in [-0.05, 0) is 36.1 Å². The first kappa shape index (κ1) is 13.8. The zero-order chi connectivity index (χ0) is 12.7. The monoisotopic (exact) mass is 256 g/mol. The average Bonchev–Trinajstić information content (AvgIpc) is 2.28. The lowest BCUT2D eigenvalue weighted by Gasteiger charge is -2.07. The maximum atomic E-state index is 12.8. The molecule has 17 heavy (non-hydrogen) atoms. The van der Waals surface area contributed by atoms with Crippen molar-refractivity contribution >= 4 is 23.4 Å². The Hall–Kier alpha value is -1.23. The van der Waals surface area contributed by atoms with Gasteiger partial charge in [-0.3, -0.25) is 4.79 Å². The molecule has 0 fully saturated rings. The maximum absolute atomic E-state index is 12.8. The summed E-state index contributed by atoms with van der Waals surface area (Å²) in [5.74, 6) is 1.43. The number of hydrogen-bond acceptors (Lipinski definition) is 3. The second-order valence-corrected chi connectivity index (χ2v) is 4.93. The van der Waals surface area contributed by atoms with Gasteiger partial charge in [0.25, 0.3) is 5.91 Å². The summed E-state index contributed by atoms with van der Waals surface area (Å²) in [7, 11) is 0. The summed E-state index contributed by atoms with van der Waals surface area (Å²) in [6, 6.07) is 3.79. The van der Waals surface area contributed by atoms with Gasteiger partial charge in [0.15, 0.2) is 0 Å². The molecule has 0 heterocycles. The summed E-state index contributed by atoms with van der Waals surface area (Å²) in [6.07, 6.45) is 0.922. The van der Waals surface area contributed by atoms with Crippen molar-refractivity contribution in [3.05, 3.63) is 29.6 Å². The number of halogens is 1. The minimum Gasteiger partial charge on any atom is -0.398 e. The second kappa shape index (κ2) is 7.17. The van der Waals surface area contributed by atoms with Gasteiger partial charge in [-0.1, -0.05) is 6.92 Å². The van der Waals surface area contributed by atoms with Crippen LogP contribution in [0.4, 0.5) is 10.1 Å². The molecule has 0 aliphatic heterocycles. The highest BCUT2D eigenvalue weighted by atomic mass is 32.2. The molecule has 1 aromatic rings. The number of carbonyl (C=O) groups is 1. The van der Waals surface area contributed by atoms with Crippen LogP contribution in [0.5, 0.6) is 0 Å². The van der Waals surface area contributed by atoms with Crippen LogP contribution in [0.2, 0.25) is 0 Å². The van der Waals surface area contributed by atoms with Gasteiger partial charge in [-0.15, -0.1) is 0 Å². The van der Waals surface area contributed by atoms with Crippen LogP contribution < -0.4 is 11.1 Å². The summed E-state index contributed by atoms with van der Waals surface area (Å²) in [5.41, 5.74) is 6.07. The zero-order valence-corrected chi connectivity index (χ0v) is 10.6. The predicted octanol–water partition coefficient (Wildman–Crippen LogP) is 2.28.